The molecule has 0 saturated carbocycles. The summed E-state index contributed by atoms with van der Waals surface area (Å²) in [7, 11) is 0. The van der Waals surface area contributed by atoms with E-state index in [1.165, 1.54) is 4.90 Å². The Hall–Kier alpha value is -2.31. The van der Waals surface area contributed by atoms with Gasteiger partial charge in [0, 0.05) is 13.0 Å². The highest BCUT2D eigenvalue weighted by atomic mass is 19.2. The van der Waals surface area contributed by atoms with Crippen molar-refractivity contribution in [1.82, 2.24) is 10.2 Å². The third kappa shape index (κ3) is 2.00. The second-order valence-electron chi connectivity index (χ2n) is 5.24. The van der Waals surface area contributed by atoms with E-state index in [4.69, 9.17) is 0 Å². The maximum absolute atomic E-state index is 13.9. The van der Waals surface area contributed by atoms with Gasteiger partial charge in [-0.25, -0.2) is 8.78 Å². The monoisotopic (exact) mass is 294 g/mol. The third-order valence-electron chi connectivity index (χ3n) is 3.94. The minimum absolute atomic E-state index is 0.0451. The van der Waals surface area contributed by atoms with Crippen LogP contribution in [0, 0.1) is 18.6 Å². The van der Waals surface area contributed by atoms with Gasteiger partial charge in [-0.1, -0.05) is 0 Å². The summed E-state index contributed by atoms with van der Waals surface area (Å²) in [6.45, 7) is 1.63. The summed E-state index contributed by atoms with van der Waals surface area (Å²) < 4.78 is 27.3. The molecule has 2 aliphatic rings. The van der Waals surface area contributed by atoms with Crippen LogP contribution < -0.4 is 5.32 Å². The fraction of sp³-hybridized carbons (Fsp3) is 0.357. The van der Waals surface area contributed by atoms with E-state index in [0.29, 0.717) is 11.1 Å². The van der Waals surface area contributed by atoms with Gasteiger partial charge >= 0.3 is 0 Å². The molecule has 1 fully saturated rings. The van der Waals surface area contributed by atoms with Crippen molar-refractivity contribution in [2.75, 3.05) is 0 Å². The summed E-state index contributed by atoms with van der Waals surface area (Å²) >= 11 is 0. The van der Waals surface area contributed by atoms with E-state index in [1.54, 1.807) is 6.92 Å². The van der Waals surface area contributed by atoms with Crippen LogP contribution in [0.3, 0.4) is 0 Å². The molecule has 1 saturated heterocycles. The maximum Gasteiger partial charge on any atom is 0.258 e. The Morgan fingerprint density at radius 2 is 2.00 bits per heavy atom. The molecule has 5 nitrogen and oxygen atoms in total. The summed E-state index contributed by atoms with van der Waals surface area (Å²) in [5, 5.41) is 2.15. The van der Waals surface area contributed by atoms with Crippen molar-refractivity contribution in [3.8, 4) is 0 Å². The summed E-state index contributed by atoms with van der Waals surface area (Å²) in [6.07, 6.45) is 0.305. The Morgan fingerprint density at radius 1 is 1.29 bits per heavy atom. The zero-order valence-electron chi connectivity index (χ0n) is 11.2. The first-order valence-electron chi connectivity index (χ1n) is 6.52. The predicted octanol–water partition coefficient (Wildman–Crippen LogP) is 1.03. The molecule has 0 aromatic heterocycles. The Balaban J connectivity index is 1.98. The van der Waals surface area contributed by atoms with Crippen LogP contribution >= 0.6 is 0 Å². The first-order chi connectivity index (χ1) is 9.90. The Bertz CT molecular complexity index is 687. The van der Waals surface area contributed by atoms with Crippen molar-refractivity contribution in [2.45, 2.75) is 32.4 Å². The largest absolute Gasteiger partial charge is 0.322 e. The minimum Gasteiger partial charge on any atom is -0.322 e. The number of benzene rings is 1. The van der Waals surface area contributed by atoms with E-state index >= 15 is 0 Å². The molecular weight excluding hydrogens is 282 g/mol. The van der Waals surface area contributed by atoms with Gasteiger partial charge < -0.3 is 4.90 Å². The van der Waals surface area contributed by atoms with Crippen LogP contribution in [-0.4, -0.2) is 28.7 Å². The molecule has 1 aromatic carbocycles. The number of carbonyl (C=O) groups excluding carboxylic acids is 3. The number of rotatable bonds is 1. The van der Waals surface area contributed by atoms with E-state index in [-0.39, 0.29) is 24.9 Å². The van der Waals surface area contributed by atoms with Crippen LogP contribution in [0.1, 0.15) is 34.3 Å². The standard InChI is InChI=1S/C14H12F2N2O3/c1-6-4-8(15)12(16)11-7(6)5-18(14(11)21)9-2-3-10(19)17-13(9)20/h4,9H,2-3,5H2,1H3,(H,17,19,20)/t9-/m0/s1. The number of aryl methyl sites for hydroxylation is 1. The molecule has 21 heavy (non-hydrogen) atoms. The molecule has 1 atom stereocenters. The van der Waals surface area contributed by atoms with Crippen LogP contribution in [0.25, 0.3) is 0 Å². The van der Waals surface area contributed by atoms with E-state index in [9.17, 15) is 23.2 Å². The van der Waals surface area contributed by atoms with Gasteiger partial charge in [-0.2, -0.15) is 0 Å². The zero-order chi connectivity index (χ0) is 15.3. The van der Waals surface area contributed by atoms with Gasteiger partial charge in [-0.15, -0.1) is 0 Å². The molecule has 2 heterocycles. The number of carbonyl (C=O) groups is 3. The van der Waals surface area contributed by atoms with Crippen LogP contribution in [0.2, 0.25) is 0 Å². The fourth-order valence-corrected chi connectivity index (χ4v) is 2.83. The molecule has 7 heteroatoms. The maximum atomic E-state index is 13.9. The fourth-order valence-electron chi connectivity index (χ4n) is 2.83. The first-order valence-corrected chi connectivity index (χ1v) is 6.52. The first kappa shape index (κ1) is 13.7. The molecule has 110 valence electrons. The van der Waals surface area contributed by atoms with Crippen molar-refractivity contribution < 1.29 is 23.2 Å². The number of fused-ring (bicyclic) bond motifs is 1. The van der Waals surface area contributed by atoms with E-state index < -0.39 is 35.4 Å². The van der Waals surface area contributed by atoms with Crippen LogP contribution in [0.4, 0.5) is 8.78 Å². The SMILES string of the molecule is Cc1cc(F)c(F)c2c1CN([C@H]1CCC(=O)NC1=O)C2=O. The highest BCUT2D eigenvalue weighted by Crippen LogP contribution is 2.32. The smallest absolute Gasteiger partial charge is 0.258 e. The number of amides is 3. The van der Waals surface area contributed by atoms with Crippen LogP contribution in [-0.2, 0) is 16.1 Å². The van der Waals surface area contributed by atoms with Gasteiger partial charge in [0.05, 0.1) is 5.56 Å². The lowest BCUT2D eigenvalue weighted by molar-refractivity contribution is -0.136. The minimum atomic E-state index is -1.18. The summed E-state index contributed by atoms with van der Waals surface area (Å²) in [4.78, 5) is 36.5. The molecule has 0 radical (unpaired) electrons. The molecule has 2 aliphatic heterocycles. The summed E-state index contributed by atoms with van der Waals surface area (Å²) in [5.74, 6) is -3.94. The van der Waals surface area contributed by atoms with E-state index in [1.807, 2.05) is 0 Å². The molecule has 1 aromatic rings. The molecule has 0 spiro atoms. The lowest BCUT2D eigenvalue weighted by Crippen LogP contribution is -2.52. The molecule has 3 rings (SSSR count). The topological polar surface area (TPSA) is 66.5 Å². The normalized spacial score (nSPS) is 21.6. The summed E-state index contributed by atoms with van der Waals surface area (Å²) in [6, 6.07) is 0.208. The zero-order valence-corrected chi connectivity index (χ0v) is 11.2. The number of halogens is 2. The number of nitrogens with zero attached hydrogens (tertiary/aromatic N) is 1. The lowest BCUT2D eigenvalue weighted by atomic mass is 10.0. The van der Waals surface area contributed by atoms with Gasteiger partial charge in [0.15, 0.2) is 11.6 Å². The van der Waals surface area contributed by atoms with Gasteiger partial charge in [-0.05, 0) is 30.5 Å². The Labute approximate surface area is 118 Å². The average molecular weight is 294 g/mol. The number of hydrogen-bond acceptors (Lipinski definition) is 3. The lowest BCUT2D eigenvalue weighted by Gasteiger charge is -2.29. The second-order valence-corrected chi connectivity index (χ2v) is 5.24. The van der Waals surface area contributed by atoms with Crippen molar-refractivity contribution in [3.63, 3.8) is 0 Å². The van der Waals surface area contributed by atoms with Crippen molar-refractivity contribution in [3.05, 3.63) is 34.4 Å². The van der Waals surface area contributed by atoms with Gasteiger partial charge in [0.25, 0.3) is 5.91 Å². The predicted molar refractivity (Wildman–Crippen MR) is 67.1 cm³/mol. The van der Waals surface area contributed by atoms with Crippen LogP contribution in [0.15, 0.2) is 6.07 Å². The van der Waals surface area contributed by atoms with Gasteiger partial charge in [-0.3, -0.25) is 19.7 Å². The molecule has 1 N–H and O–H groups in total. The van der Waals surface area contributed by atoms with Gasteiger partial charge in [0.1, 0.15) is 6.04 Å². The van der Waals surface area contributed by atoms with E-state index in [0.717, 1.165) is 6.07 Å². The summed E-state index contributed by atoms with van der Waals surface area (Å²) in [5.41, 5.74) is 0.549. The quantitative estimate of drug-likeness (QED) is 0.787. The molecule has 0 aliphatic carbocycles. The molecular formula is C14H12F2N2O3. The highest BCUT2D eigenvalue weighted by molar-refractivity contribution is 6.05. The van der Waals surface area contributed by atoms with Crippen molar-refractivity contribution >= 4 is 17.7 Å². The third-order valence-corrected chi connectivity index (χ3v) is 3.94. The number of nitrogens with one attached hydrogen (secondary N) is 1. The van der Waals surface area contributed by atoms with E-state index in [2.05, 4.69) is 5.32 Å². The van der Waals surface area contributed by atoms with Gasteiger partial charge in [0.2, 0.25) is 11.8 Å². The van der Waals surface area contributed by atoms with Crippen LogP contribution in [0.5, 0.6) is 0 Å². The Morgan fingerprint density at radius 3 is 2.67 bits per heavy atom. The highest BCUT2D eigenvalue weighted by Gasteiger charge is 2.41. The van der Waals surface area contributed by atoms with Crippen molar-refractivity contribution in [1.29, 1.82) is 0 Å². The second kappa shape index (κ2) is 4.61. The molecule has 3 amide bonds. The number of hydrogen-bond donors (Lipinski definition) is 1. The number of piperidine rings is 1. The number of imide groups is 1. The molecule has 0 unspecified atom stereocenters. The van der Waals surface area contributed by atoms with Crippen molar-refractivity contribution in [2.24, 2.45) is 0 Å². The molecule has 0 bridgehead atoms. The average Bonchev–Trinajstić information content (AvgIpc) is 2.75. The Kier molecular flexibility index (Phi) is 3.00.